The zero-order valence-corrected chi connectivity index (χ0v) is 27.9. The van der Waals surface area contributed by atoms with Crippen LogP contribution in [0.3, 0.4) is 0 Å². The van der Waals surface area contributed by atoms with Gasteiger partial charge in [-0.25, -0.2) is 15.0 Å². The summed E-state index contributed by atoms with van der Waals surface area (Å²) in [5.74, 6) is -0.279. The second-order valence-corrected chi connectivity index (χ2v) is 17.3. The summed E-state index contributed by atoms with van der Waals surface area (Å²) in [6.07, 6.45) is 1.96. The summed E-state index contributed by atoms with van der Waals surface area (Å²) >= 11 is 0. The van der Waals surface area contributed by atoms with Gasteiger partial charge in [0.1, 0.15) is 12.4 Å². The molecular formula is C36H41N5O4Si. The number of benzene rings is 3. The van der Waals surface area contributed by atoms with E-state index in [0.717, 1.165) is 0 Å². The second kappa shape index (κ2) is 12.5. The molecule has 0 bridgehead atoms. The molecule has 0 radical (unpaired) electrons. The highest BCUT2D eigenvalue weighted by Crippen LogP contribution is 2.46. The molecule has 1 amide bonds. The number of amides is 1. The number of imidazole rings is 1. The molecule has 0 saturated carbocycles. The standard InChI is InChI=1S/C36H41N5O4Si/c1-6-36(22-44-46(35(3,4)5,27-18-12-8-13-19-27)28-20-14-9-15-21-28)25(2)30(42)34(45-36)41-24-39-29-31(37-23-38-32(29)41)40-33(43)26-16-10-7-11-17-26/h7-21,23-25,30,34,42H,6,22H2,1-5H3,(H,37,38,40,43)/t25-,30+,34+,36-/m0/s1. The van der Waals surface area contributed by atoms with Gasteiger partial charge in [0.05, 0.1) is 18.5 Å². The van der Waals surface area contributed by atoms with E-state index in [1.165, 1.54) is 16.7 Å². The number of hydrogen-bond acceptors (Lipinski definition) is 7. The first kappa shape index (κ1) is 31.7. The van der Waals surface area contributed by atoms with Crippen molar-refractivity contribution in [2.24, 2.45) is 5.92 Å². The Morgan fingerprint density at radius 2 is 1.54 bits per heavy atom. The highest BCUT2D eigenvalue weighted by Gasteiger charge is 2.56. The fourth-order valence-electron chi connectivity index (χ4n) is 6.76. The lowest BCUT2D eigenvalue weighted by molar-refractivity contribution is -0.112. The Morgan fingerprint density at radius 1 is 0.957 bits per heavy atom. The Balaban J connectivity index is 1.33. The van der Waals surface area contributed by atoms with Crippen LogP contribution in [0.5, 0.6) is 0 Å². The molecule has 5 aromatic rings. The maximum absolute atomic E-state index is 12.9. The molecule has 0 spiro atoms. The third-order valence-corrected chi connectivity index (χ3v) is 14.4. The smallest absolute Gasteiger partial charge is 0.261 e. The Morgan fingerprint density at radius 3 is 2.11 bits per heavy atom. The maximum atomic E-state index is 12.9. The van der Waals surface area contributed by atoms with E-state index in [-0.39, 0.29) is 22.7 Å². The number of carbonyl (C=O) groups excluding carboxylic acids is 1. The van der Waals surface area contributed by atoms with Crippen molar-refractivity contribution in [3.63, 3.8) is 0 Å². The van der Waals surface area contributed by atoms with Crippen LogP contribution in [0.1, 0.15) is 57.6 Å². The Labute approximate surface area is 270 Å². The molecule has 1 aliphatic heterocycles. The first-order valence-electron chi connectivity index (χ1n) is 15.8. The zero-order chi connectivity index (χ0) is 32.5. The molecule has 0 aliphatic carbocycles. The Kier molecular flexibility index (Phi) is 8.64. The quantitative estimate of drug-likeness (QED) is 0.211. The molecule has 46 heavy (non-hydrogen) atoms. The molecule has 2 aromatic heterocycles. The highest BCUT2D eigenvalue weighted by molar-refractivity contribution is 6.99. The fraction of sp³-hybridized carbons (Fsp3) is 0.333. The first-order valence-corrected chi connectivity index (χ1v) is 17.7. The summed E-state index contributed by atoms with van der Waals surface area (Å²) in [6, 6.07) is 30.0. The lowest BCUT2D eigenvalue weighted by atomic mass is 9.85. The number of aliphatic hydroxyl groups is 1. The number of ether oxygens (including phenoxy) is 1. The Hall–Kier alpha value is -4.22. The number of carbonyl (C=O) groups is 1. The van der Waals surface area contributed by atoms with Crippen molar-refractivity contribution in [1.29, 1.82) is 0 Å². The summed E-state index contributed by atoms with van der Waals surface area (Å²) in [4.78, 5) is 26.2. The minimum atomic E-state index is -2.86. The SMILES string of the molecule is CC[C@@]1(CO[Si](c2ccccc2)(c2ccccc2)C(C)(C)C)O[C@@H](n2cnc3c(NC(=O)c4ccccc4)ncnc32)[C@H](O)[C@@H]1C. The summed E-state index contributed by atoms with van der Waals surface area (Å²) in [7, 11) is -2.86. The van der Waals surface area contributed by atoms with Gasteiger partial charge >= 0.3 is 0 Å². The van der Waals surface area contributed by atoms with Gasteiger partial charge in [-0.1, -0.05) is 113 Å². The van der Waals surface area contributed by atoms with Gasteiger partial charge in [0.25, 0.3) is 14.2 Å². The van der Waals surface area contributed by atoms with Crippen LogP contribution in [0.4, 0.5) is 5.82 Å². The number of nitrogens with one attached hydrogen (secondary N) is 1. The lowest BCUT2D eigenvalue weighted by Gasteiger charge is -2.45. The number of fused-ring (bicyclic) bond motifs is 1. The number of rotatable bonds is 9. The van der Waals surface area contributed by atoms with Crippen molar-refractivity contribution in [2.75, 3.05) is 11.9 Å². The maximum Gasteiger partial charge on any atom is 0.261 e. The van der Waals surface area contributed by atoms with Gasteiger partial charge in [-0.05, 0) is 34.0 Å². The lowest BCUT2D eigenvalue weighted by Crippen LogP contribution is -2.67. The van der Waals surface area contributed by atoms with Crippen molar-refractivity contribution >= 4 is 41.6 Å². The number of nitrogens with zero attached hydrogens (tertiary/aromatic N) is 4. The van der Waals surface area contributed by atoms with E-state index in [4.69, 9.17) is 9.16 Å². The van der Waals surface area contributed by atoms with Crippen LogP contribution < -0.4 is 15.7 Å². The molecule has 1 aliphatic rings. The van der Waals surface area contributed by atoms with Gasteiger partial charge in [-0.2, -0.15) is 0 Å². The van der Waals surface area contributed by atoms with E-state index in [2.05, 4.69) is 96.5 Å². The number of aliphatic hydroxyl groups excluding tert-OH is 1. The number of anilines is 1. The van der Waals surface area contributed by atoms with Crippen LogP contribution in [0.25, 0.3) is 11.2 Å². The fourth-order valence-corrected chi connectivity index (χ4v) is 11.4. The van der Waals surface area contributed by atoms with E-state index in [0.29, 0.717) is 29.8 Å². The summed E-state index contributed by atoms with van der Waals surface area (Å²) in [5.41, 5.74) is 0.582. The van der Waals surface area contributed by atoms with Gasteiger partial charge in [0.15, 0.2) is 23.2 Å². The second-order valence-electron chi connectivity index (χ2n) is 13.0. The minimum absolute atomic E-state index is 0.206. The van der Waals surface area contributed by atoms with Crippen LogP contribution in [-0.4, -0.2) is 57.2 Å². The average molecular weight is 636 g/mol. The number of hydrogen-bond donors (Lipinski definition) is 2. The monoisotopic (exact) mass is 635 g/mol. The van der Waals surface area contributed by atoms with Crippen molar-refractivity contribution in [3.05, 3.63) is 109 Å². The largest absolute Gasteiger partial charge is 0.404 e. The molecule has 4 atom stereocenters. The van der Waals surface area contributed by atoms with Gasteiger partial charge in [0.2, 0.25) is 0 Å². The van der Waals surface area contributed by atoms with E-state index in [1.807, 2.05) is 25.1 Å². The van der Waals surface area contributed by atoms with E-state index in [9.17, 15) is 9.90 Å². The van der Waals surface area contributed by atoms with Crippen LogP contribution in [0.2, 0.25) is 5.04 Å². The van der Waals surface area contributed by atoms with Gasteiger partial charge in [0, 0.05) is 11.5 Å². The predicted molar refractivity (Wildman–Crippen MR) is 182 cm³/mol. The molecule has 9 nitrogen and oxygen atoms in total. The van der Waals surface area contributed by atoms with E-state index in [1.54, 1.807) is 35.2 Å². The molecule has 10 heteroatoms. The van der Waals surface area contributed by atoms with E-state index < -0.39 is 26.3 Å². The Bertz CT molecular complexity index is 1760. The molecule has 3 heterocycles. The summed E-state index contributed by atoms with van der Waals surface area (Å²) < 4.78 is 15.9. The third-order valence-electron chi connectivity index (χ3n) is 9.44. The zero-order valence-electron chi connectivity index (χ0n) is 26.9. The summed E-state index contributed by atoms with van der Waals surface area (Å²) in [6.45, 7) is 11.1. The van der Waals surface area contributed by atoms with Crippen molar-refractivity contribution in [1.82, 2.24) is 19.5 Å². The topological polar surface area (TPSA) is 111 Å². The molecule has 3 aromatic carbocycles. The molecule has 238 valence electrons. The third kappa shape index (κ3) is 5.45. The average Bonchev–Trinajstić information content (AvgIpc) is 3.61. The van der Waals surface area contributed by atoms with Crippen molar-refractivity contribution in [2.45, 2.75) is 64.0 Å². The highest BCUT2D eigenvalue weighted by atomic mass is 28.4. The first-order chi connectivity index (χ1) is 22.1. The molecule has 2 N–H and O–H groups in total. The molecular weight excluding hydrogens is 595 g/mol. The molecule has 1 fully saturated rings. The molecule has 0 unspecified atom stereocenters. The van der Waals surface area contributed by atoms with Gasteiger partial charge < -0.3 is 19.6 Å². The van der Waals surface area contributed by atoms with Crippen LogP contribution in [0.15, 0.2) is 104 Å². The normalized spacial score (nSPS) is 21.8. The summed E-state index contributed by atoms with van der Waals surface area (Å²) in [5, 5.41) is 16.7. The van der Waals surface area contributed by atoms with Gasteiger partial charge in [-0.15, -0.1) is 0 Å². The molecule has 1 saturated heterocycles. The van der Waals surface area contributed by atoms with Crippen LogP contribution >= 0.6 is 0 Å². The minimum Gasteiger partial charge on any atom is -0.404 e. The molecule has 6 rings (SSSR count). The van der Waals surface area contributed by atoms with Crippen LogP contribution in [-0.2, 0) is 9.16 Å². The van der Waals surface area contributed by atoms with Crippen molar-refractivity contribution in [3.8, 4) is 0 Å². The van der Waals surface area contributed by atoms with Crippen LogP contribution in [0, 0.1) is 5.92 Å². The van der Waals surface area contributed by atoms with E-state index >= 15 is 0 Å². The van der Waals surface area contributed by atoms with Gasteiger partial charge in [-0.3, -0.25) is 9.36 Å². The number of aromatic nitrogens is 4. The predicted octanol–water partition coefficient (Wildman–Crippen LogP) is 5.33. The van der Waals surface area contributed by atoms with Crippen molar-refractivity contribution < 1.29 is 19.1 Å².